The van der Waals surface area contributed by atoms with Crippen molar-refractivity contribution in [3.8, 4) is 11.3 Å². The van der Waals surface area contributed by atoms with Crippen molar-refractivity contribution in [2.75, 3.05) is 19.6 Å². The van der Waals surface area contributed by atoms with Gasteiger partial charge < -0.3 is 4.90 Å². The molecule has 0 aromatic carbocycles. The molecule has 4 rings (SSSR count). The molecule has 2 fully saturated rings. The van der Waals surface area contributed by atoms with E-state index in [0.29, 0.717) is 5.92 Å². The molecule has 2 aromatic heterocycles. The quantitative estimate of drug-likeness (QED) is 0.829. The first kappa shape index (κ1) is 17.4. The normalized spacial score (nSPS) is 19.8. The van der Waals surface area contributed by atoms with E-state index in [4.69, 9.17) is 0 Å². The lowest BCUT2D eigenvalue weighted by atomic mass is 9.95. The Morgan fingerprint density at radius 1 is 0.962 bits per heavy atom. The van der Waals surface area contributed by atoms with Crippen LogP contribution in [0.15, 0.2) is 41.7 Å². The van der Waals surface area contributed by atoms with Crippen molar-refractivity contribution < 1.29 is 0 Å². The Bertz CT molecular complexity index is 759. The van der Waals surface area contributed by atoms with Crippen LogP contribution in [0.2, 0.25) is 0 Å². The monoisotopic (exact) mass is 352 g/mol. The summed E-state index contributed by atoms with van der Waals surface area (Å²) >= 11 is 0. The fraction of sp³-hybridized carbons (Fsp3) is 0.571. The van der Waals surface area contributed by atoms with Crippen LogP contribution in [-0.4, -0.2) is 39.1 Å². The van der Waals surface area contributed by atoms with E-state index in [2.05, 4.69) is 14.9 Å². The molecule has 1 aliphatic carbocycles. The van der Waals surface area contributed by atoms with Crippen LogP contribution < -0.4 is 5.56 Å². The Balaban J connectivity index is 1.32. The van der Waals surface area contributed by atoms with Gasteiger partial charge in [0.1, 0.15) is 0 Å². The van der Waals surface area contributed by atoms with Crippen LogP contribution >= 0.6 is 0 Å². The zero-order valence-corrected chi connectivity index (χ0v) is 15.4. The molecule has 0 bridgehead atoms. The summed E-state index contributed by atoms with van der Waals surface area (Å²) in [6.45, 7) is 4.44. The van der Waals surface area contributed by atoms with Gasteiger partial charge in [-0.25, -0.2) is 4.98 Å². The van der Waals surface area contributed by atoms with Crippen LogP contribution in [0.3, 0.4) is 0 Å². The maximum absolute atomic E-state index is 12.5. The number of rotatable bonds is 5. The van der Waals surface area contributed by atoms with Crippen LogP contribution in [0, 0.1) is 11.8 Å². The van der Waals surface area contributed by atoms with Gasteiger partial charge in [0.05, 0.1) is 12.0 Å². The molecular formula is C21H28N4O. The number of aromatic nitrogens is 3. The van der Waals surface area contributed by atoms with Gasteiger partial charge in [0.25, 0.3) is 5.56 Å². The molecule has 5 nitrogen and oxygen atoms in total. The van der Waals surface area contributed by atoms with E-state index in [9.17, 15) is 4.79 Å². The highest BCUT2D eigenvalue weighted by atomic mass is 16.1. The van der Waals surface area contributed by atoms with Crippen LogP contribution in [-0.2, 0) is 6.54 Å². The van der Waals surface area contributed by atoms with E-state index >= 15 is 0 Å². The summed E-state index contributed by atoms with van der Waals surface area (Å²) in [6.07, 6.45) is 13.2. The fourth-order valence-electron chi connectivity index (χ4n) is 4.43. The topological polar surface area (TPSA) is 51.0 Å². The van der Waals surface area contributed by atoms with Gasteiger partial charge in [-0.1, -0.05) is 12.8 Å². The third-order valence-electron chi connectivity index (χ3n) is 6.01. The van der Waals surface area contributed by atoms with Gasteiger partial charge in [-0.3, -0.25) is 14.3 Å². The van der Waals surface area contributed by atoms with Gasteiger partial charge in [-0.15, -0.1) is 0 Å². The molecule has 1 saturated carbocycles. The summed E-state index contributed by atoms with van der Waals surface area (Å²) in [5.74, 6) is 1.51. The number of hydrogen-bond acceptors (Lipinski definition) is 4. The minimum absolute atomic E-state index is 0.0418. The Morgan fingerprint density at radius 2 is 1.65 bits per heavy atom. The van der Waals surface area contributed by atoms with E-state index in [1.807, 2.05) is 12.1 Å². The van der Waals surface area contributed by atoms with Crippen molar-refractivity contribution in [1.29, 1.82) is 0 Å². The van der Waals surface area contributed by atoms with Crippen molar-refractivity contribution in [2.24, 2.45) is 11.8 Å². The van der Waals surface area contributed by atoms with Crippen molar-refractivity contribution in [3.05, 3.63) is 47.3 Å². The minimum atomic E-state index is 0.0418. The summed E-state index contributed by atoms with van der Waals surface area (Å²) < 4.78 is 1.78. The number of nitrogens with zero attached hydrogens (tertiary/aromatic N) is 4. The largest absolute Gasteiger partial charge is 0.303 e. The molecule has 3 heterocycles. The Morgan fingerprint density at radius 3 is 2.35 bits per heavy atom. The van der Waals surface area contributed by atoms with Crippen LogP contribution in [0.5, 0.6) is 0 Å². The van der Waals surface area contributed by atoms with Crippen molar-refractivity contribution >= 4 is 0 Å². The lowest BCUT2D eigenvalue weighted by Crippen LogP contribution is -2.38. The van der Waals surface area contributed by atoms with Gasteiger partial charge in [0.15, 0.2) is 0 Å². The zero-order chi connectivity index (χ0) is 17.8. The van der Waals surface area contributed by atoms with Crippen LogP contribution in [0.4, 0.5) is 0 Å². The molecule has 0 amide bonds. The summed E-state index contributed by atoms with van der Waals surface area (Å²) in [5.41, 5.74) is 1.70. The van der Waals surface area contributed by atoms with Crippen molar-refractivity contribution in [1.82, 2.24) is 19.4 Å². The number of pyridine rings is 1. The first-order chi connectivity index (χ1) is 12.8. The lowest BCUT2D eigenvalue weighted by molar-refractivity contribution is 0.152. The van der Waals surface area contributed by atoms with E-state index < -0.39 is 0 Å². The first-order valence-electron chi connectivity index (χ1n) is 9.97. The third-order valence-corrected chi connectivity index (χ3v) is 6.01. The molecule has 0 spiro atoms. The Kier molecular flexibility index (Phi) is 5.44. The molecule has 26 heavy (non-hydrogen) atoms. The second kappa shape index (κ2) is 8.12. The van der Waals surface area contributed by atoms with Crippen LogP contribution in [0.1, 0.15) is 38.5 Å². The highest BCUT2D eigenvalue weighted by Crippen LogP contribution is 2.27. The molecule has 138 valence electrons. The maximum Gasteiger partial charge on any atom is 0.253 e. The minimum Gasteiger partial charge on any atom is -0.303 e. The predicted octanol–water partition coefficient (Wildman–Crippen LogP) is 3.21. The fourth-order valence-corrected chi connectivity index (χ4v) is 4.43. The van der Waals surface area contributed by atoms with Gasteiger partial charge in [0, 0.05) is 37.1 Å². The van der Waals surface area contributed by atoms with Gasteiger partial charge >= 0.3 is 0 Å². The average molecular weight is 352 g/mol. The number of hydrogen-bond donors (Lipinski definition) is 0. The molecule has 1 saturated heterocycles. The molecular weight excluding hydrogens is 324 g/mol. The Hall–Kier alpha value is -2.01. The SMILES string of the molecule is O=c1cc(-c2ccncc2)ncn1CC1CCN(CC2CCCC2)CC1. The molecule has 0 atom stereocenters. The number of piperidine rings is 1. The smallest absolute Gasteiger partial charge is 0.253 e. The van der Waals surface area contributed by atoms with Crippen LogP contribution in [0.25, 0.3) is 11.3 Å². The molecule has 2 aliphatic rings. The van der Waals surface area contributed by atoms with Gasteiger partial charge in [0.2, 0.25) is 0 Å². The maximum atomic E-state index is 12.5. The standard InChI is InChI=1S/C21H28N4O/c26-21-13-20(19-5-9-22-10-6-19)23-16-25(21)15-18-7-11-24(12-8-18)14-17-3-1-2-4-17/h5-6,9-10,13,16-18H,1-4,7-8,11-12,14-15H2. The van der Waals surface area contributed by atoms with E-state index in [1.165, 1.54) is 58.2 Å². The van der Waals surface area contributed by atoms with Gasteiger partial charge in [-0.05, 0) is 62.7 Å². The highest BCUT2D eigenvalue weighted by Gasteiger charge is 2.23. The summed E-state index contributed by atoms with van der Waals surface area (Å²) in [4.78, 5) is 23.6. The molecule has 0 unspecified atom stereocenters. The Labute approximate surface area is 155 Å². The zero-order valence-electron chi connectivity index (χ0n) is 15.4. The summed E-state index contributed by atoms with van der Waals surface area (Å²) in [7, 11) is 0. The average Bonchev–Trinajstić information content (AvgIpc) is 3.19. The molecule has 2 aromatic rings. The van der Waals surface area contributed by atoms with E-state index in [-0.39, 0.29) is 5.56 Å². The lowest BCUT2D eigenvalue weighted by Gasteiger charge is -2.33. The molecule has 0 radical (unpaired) electrons. The molecule has 1 aliphatic heterocycles. The van der Waals surface area contributed by atoms with E-state index in [1.54, 1.807) is 29.4 Å². The summed E-state index contributed by atoms with van der Waals surface area (Å²) in [5, 5.41) is 0. The third kappa shape index (κ3) is 4.21. The number of likely N-dealkylation sites (tertiary alicyclic amines) is 1. The van der Waals surface area contributed by atoms with Crippen molar-refractivity contribution in [3.63, 3.8) is 0 Å². The summed E-state index contributed by atoms with van der Waals surface area (Å²) in [6, 6.07) is 5.41. The van der Waals surface area contributed by atoms with Crippen molar-refractivity contribution in [2.45, 2.75) is 45.1 Å². The highest BCUT2D eigenvalue weighted by molar-refractivity contribution is 5.57. The van der Waals surface area contributed by atoms with E-state index in [0.717, 1.165) is 23.7 Å². The molecule has 5 heteroatoms. The van der Waals surface area contributed by atoms with Gasteiger partial charge in [-0.2, -0.15) is 0 Å². The molecule has 0 N–H and O–H groups in total. The first-order valence-corrected chi connectivity index (χ1v) is 9.97. The predicted molar refractivity (Wildman–Crippen MR) is 103 cm³/mol. The second-order valence-corrected chi connectivity index (χ2v) is 7.90. The second-order valence-electron chi connectivity index (χ2n) is 7.90.